The summed E-state index contributed by atoms with van der Waals surface area (Å²) in [5, 5.41) is 1.22. The predicted octanol–water partition coefficient (Wildman–Crippen LogP) is 2.20. The maximum absolute atomic E-state index is 12.2. The van der Waals surface area contributed by atoms with E-state index in [1.165, 1.54) is 6.33 Å². The second-order valence-electron chi connectivity index (χ2n) is 4.61. The molecule has 0 unspecified atom stereocenters. The highest BCUT2D eigenvalue weighted by Crippen LogP contribution is 2.11. The molecule has 0 aliphatic carbocycles. The van der Waals surface area contributed by atoms with Crippen LogP contribution in [0.2, 0.25) is 5.02 Å². The third kappa shape index (κ3) is 2.40. The average molecular weight is 289 g/mol. The summed E-state index contributed by atoms with van der Waals surface area (Å²) in [4.78, 5) is 19.3. The maximum atomic E-state index is 12.2. The molecule has 0 bridgehead atoms. The van der Waals surface area contributed by atoms with Crippen molar-refractivity contribution in [2.24, 2.45) is 0 Å². The summed E-state index contributed by atoms with van der Waals surface area (Å²) >= 11 is 5.84. The second-order valence-corrected chi connectivity index (χ2v) is 5.04. The molecule has 0 saturated carbocycles. The van der Waals surface area contributed by atoms with Crippen LogP contribution in [-0.4, -0.2) is 14.5 Å². The fourth-order valence-corrected chi connectivity index (χ4v) is 2.25. The van der Waals surface area contributed by atoms with E-state index >= 15 is 0 Å². The fraction of sp³-hybridized carbons (Fsp3) is 0.143. The smallest absolute Gasteiger partial charge is 0.262 e. The number of nitrogens with two attached hydrogens (primary N) is 1. The van der Waals surface area contributed by atoms with Crippen molar-refractivity contribution in [1.29, 1.82) is 0 Å². The van der Waals surface area contributed by atoms with Crippen molar-refractivity contribution in [3.8, 4) is 0 Å². The molecule has 0 saturated heterocycles. The molecule has 0 aliphatic rings. The zero-order valence-corrected chi connectivity index (χ0v) is 11.4. The highest BCUT2D eigenvalue weighted by atomic mass is 35.5. The minimum atomic E-state index is -0.0862. The molecule has 102 valence electrons. The fourth-order valence-electron chi connectivity index (χ4n) is 2.12. The third-order valence-corrected chi connectivity index (χ3v) is 3.44. The van der Waals surface area contributed by atoms with E-state index in [9.17, 15) is 4.79 Å². The topological polar surface area (TPSA) is 76.7 Å². The van der Waals surface area contributed by atoms with Gasteiger partial charge in [-0.15, -0.1) is 0 Å². The Labute approximate surface area is 120 Å². The lowest BCUT2D eigenvalue weighted by Crippen LogP contribution is -2.21. The second kappa shape index (κ2) is 5.02. The van der Waals surface area contributed by atoms with Gasteiger partial charge in [-0.3, -0.25) is 9.36 Å². The quantitative estimate of drug-likeness (QED) is 0.776. The molecule has 2 aromatic heterocycles. The van der Waals surface area contributed by atoms with Gasteiger partial charge in [0.15, 0.2) is 0 Å². The summed E-state index contributed by atoms with van der Waals surface area (Å²) < 4.78 is 1.59. The molecular formula is C14H13ClN4O. The first-order valence-corrected chi connectivity index (χ1v) is 6.59. The lowest BCUT2D eigenvalue weighted by Gasteiger charge is -2.05. The van der Waals surface area contributed by atoms with Crippen molar-refractivity contribution in [2.45, 2.75) is 13.0 Å². The van der Waals surface area contributed by atoms with Crippen LogP contribution in [0.4, 0.5) is 5.82 Å². The maximum Gasteiger partial charge on any atom is 0.262 e. The van der Waals surface area contributed by atoms with Crippen LogP contribution in [0.1, 0.15) is 5.56 Å². The number of aromatic amines is 1. The van der Waals surface area contributed by atoms with E-state index in [4.69, 9.17) is 17.3 Å². The van der Waals surface area contributed by atoms with Crippen molar-refractivity contribution in [3.05, 3.63) is 57.6 Å². The van der Waals surface area contributed by atoms with E-state index in [0.29, 0.717) is 28.4 Å². The Hall–Kier alpha value is -2.27. The van der Waals surface area contributed by atoms with Gasteiger partial charge in [0.2, 0.25) is 0 Å². The van der Waals surface area contributed by atoms with Crippen LogP contribution < -0.4 is 11.3 Å². The Morgan fingerprint density at radius 2 is 2.05 bits per heavy atom. The molecule has 0 amide bonds. The largest absolute Gasteiger partial charge is 0.385 e. The summed E-state index contributed by atoms with van der Waals surface area (Å²) in [7, 11) is 0. The van der Waals surface area contributed by atoms with Crippen LogP contribution in [0, 0.1) is 0 Å². The summed E-state index contributed by atoms with van der Waals surface area (Å²) in [6, 6.07) is 9.20. The highest BCUT2D eigenvalue weighted by molar-refractivity contribution is 6.30. The molecular weight excluding hydrogens is 276 g/mol. The van der Waals surface area contributed by atoms with Gasteiger partial charge in [0.1, 0.15) is 11.5 Å². The lowest BCUT2D eigenvalue weighted by molar-refractivity contribution is 0.662. The van der Waals surface area contributed by atoms with E-state index in [1.54, 1.807) is 10.6 Å². The van der Waals surface area contributed by atoms with Gasteiger partial charge in [-0.2, -0.15) is 0 Å². The number of benzene rings is 1. The normalized spacial score (nSPS) is 11.1. The van der Waals surface area contributed by atoms with E-state index < -0.39 is 0 Å². The number of hydrogen-bond donors (Lipinski definition) is 2. The summed E-state index contributed by atoms with van der Waals surface area (Å²) in [5.74, 6) is 0.444. The first-order valence-electron chi connectivity index (χ1n) is 6.21. The number of nitrogens with zero attached hydrogens (tertiary/aromatic N) is 2. The Kier molecular flexibility index (Phi) is 3.20. The minimum absolute atomic E-state index is 0.0862. The van der Waals surface area contributed by atoms with E-state index in [1.807, 2.05) is 24.3 Å². The van der Waals surface area contributed by atoms with Gasteiger partial charge in [-0.05, 0) is 30.2 Å². The van der Waals surface area contributed by atoms with Gasteiger partial charge < -0.3 is 10.7 Å². The molecule has 20 heavy (non-hydrogen) atoms. The number of aryl methyl sites for hydroxylation is 2. The van der Waals surface area contributed by atoms with Crippen LogP contribution in [0.3, 0.4) is 0 Å². The van der Waals surface area contributed by atoms with Gasteiger partial charge in [-0.1, -0.05) is 23.7 Å². The zero-order valence-electron chi connectivity index (χ0n) is 10.6. The van der Waals surface area contributed by atoms with Crippen LogP contribution in [0.25, 0.3) is 11.0 Å². The van der Waals surface area contributed by atoms with E-state index in [-0.39, 0.29) is 5.56 Å². The number of aromatic nitrogens is 3. The van der Waals surface area contributed by atoms with Crippen molar-refractivity contribution >= 4 is 28.5 Å². The number of nitrogen functional groups attached to an aromatic ring is 1. The van der Waals surface area contributed by atoms with Gasteiger partial charge in [0.05, 0.1) is 11.7 Å². The molecule has 6 heteroatoms. The van der Waals surface area contributed by atoms with E-state index in [2.05, 4.69) is 9.97 Å². The molecule has 0 spiro atoms. The van der Waals surface area contributed by atoms with Gasteiger partial charge in [-0.25, -0.2) is 4.98 Å². The first kappa shape index (κ1) is 12.7. The number of rotatable bonds is 3. The van der Waals surface area contributed by atoms with Crippen LogP contribution in [0.15, 0.2) is 41.5 Å². The molecule has 1 aromatic carbocycles. The van der Waals surface area contributed by atoms with Crippen molar-refractivity contribution in [1.82, 2.24) is 14.5 Å². The van der Waals surface area contributed by atoms with Gasteiger partial charge in [0.25, 0.3) is 5.56 Å². The predicted molar refractivity (Wildman–Crippen MR) is 79.9 cm³/mol. The SMILES string of the molecule is Nc1cc2c(=O)n(CCc3ccc(Cl)cc3)cnc2[nH]1. The number of anilines is 1. The van der Waals surface area contributed by atoms with Crippen LogP contribution in [-0.2, 0) is 13.0 Å². The molecule has 3 N–H and O–H groups in total. The number of H-pyrrole nitrogens is 1. The first-order chi connectivity index (χ1) is 9.63. The summed E-state index contributed by atoms with van der Waals surface area (Å²) in [6.07, 6.45) is 2.28. The monoisotopic (exact) mass is 288 g/mol. The number of fused-ring (bicyclic) bond motifs is 1. The van der Waals surface area contributed by atoms with Crippen molar-refractivity contribution in [3.63, 3.8) is 0 Å². The van der Waals surface area contributed by atoms with Crippen molar-refractivity contribution < 1.29 is 0 Å². The van der Waals surface area contributed by atoms with Crippen LogP contribution >= 0.6 is 11.6 Å². The standard InChI is InChI=1S/C14H13ClN4O/c15-10-3-1-9(2-4-10)5-6-19-8-17-13-11(14(19)20)7-12(16)18-13/h1-4,7-8,18H,5-6,16H2. The average Bonchev–Trinajstić information content (AvgIpc) is 2.81. The summed E-state index contributed by atoms with van der Waals surface area (Å²) in [5.41, 5.74) is 7.19. The van der Waals surface area contributed by atoms with Crippen molar-refractivity contribution in [2.75, 3.05) is 5.73 Å². The lowest BCUT2D eigenvalue weighted by atomic mass is 10.1. The highest BCUT2D eigenvalue weighted by Gasteiger charge is 2.06. The van der Waals surface area contributed by atoms with Gasteiger partial charge in [0, 0.05) is 11.6 Å². The molecule has 0 atom stereocenters. The Balaban J connectivity index is 1.85. The minimum Gasteiger partial charge on any atom is -0.385 e. The molecule has 3 aromatic rings. The molecule has 0 fully saturated rings. The molecule has 0 aliphatic heterocycles. The summed E-state index contributed by atoms with van der Waals surface area (Å²) in [6.45, 7) is 0.564. The van der Waals surface area contributed by atoms with E-state index in [0.717, 1.165) is 12.0 Å². The van der Waals surface area contributed by atoms with Crippen LogP contribution in [0.5, 0.6) is 0 Å². The Morgan fingerprint density at radius 1 is 1.30 bits per heavy atom. The molecule has 3 rings (SSSR count). The molecule has 2 heterocycles. The van der Waals surface area contributed by atoms with Gasteiger partial charge >= 0.3 is 0 Å². The number of nitrogens with one attached hydrogen (secondary N) is 1. The number of halogens is 1. The third-order valence-electron chi connectivity index (χ3n) is 3.19. The zero-order chi connectivity index (χ0) is 14.1. The number of hydrogen-bond acceptors (Lipinski definition) is 3. The Bertz CT molecular complexity index is 804. The molecule has 0 radical (unpaired) electrons. The Morgan fingerprint density at radius 3 is 2.80 bits per heavy atom. The molecule has 5 nitrogen and oxygen atoms in total.